The monoisotopic (exact) mass is 350 g/mol. The number of anilines is 1. The van der Waals surface area contributed by atoms with Crippen LogP contribution in [0.15, 0.2) is 40.9 Å². The van der Waals surface area contributed by atoms with E-state index in [9.17, 15) is 14.0 Å². The fraction of sp³-hybridized carbons (Fsp3) is 0.0667. The molecule has 6 heteroatoms. The van der Waals surface area contributed by atoms with Gasteiger partial charge >= 0.3 is 0 Å². The lowest BCUT2D eigenvalue weighted by Crippen LogP contribution is -2.16. The van der Waals surface area contributed by atoms with Gasteiger partial charge in [-0.3, -0.25) is 9.59 Å². The molecule has 0 unspecified atom stereocenters. The molecule has 108 valence electrons. The number of hydrogen-bond donors (Lipinski definition) is 2. The van der Waals surface area contributed by atoms with Crippen LogP contribution < -0.4 is 11.1 Å². The van der Waals surface area contributed by atoms with Crippen LogP contribution in [0.4, 0.5) is 10.1 Å². The van der Waals surface area contributed by atoms with E-state index >= 15 is 0 Å². The first-order valence-corrected chi connectivity index (χ1v) is 6.85. The maximum atomic E-state index is 13.9. The number of benzene rings is 2. The second-order valence-corrected chi connectivity index (χ2v) is 5.30. The summed E-state index contributed by atoms with van der Waals surface area (Å²) in [6.07, 6.45) is 0. The Morgan fingerprint density at radius 2 is 1.95 bits per heavy atom. The zero-order chi connectivity index (χ0) is 15.6. The first-order valence-electron chi connectivity index (χ1n) is 6.06. The summed E-state index contributed by atoms with van der Waals surface area (Å²) < 4.78 is 14.1. The third-order valence-corrected chi connectivity index (χ3v) is 3.57. The van der Waals surface area contributed by atoms with Gasteiger partial charge in [-0.1, -0.05) is 6.07 Å². The Balaban J connectivity index is 2.28. The Kier molecular flexibility index (Phi) is 4.37. The van der Waals surface area contributed by atoms with E-state index < -0.39 is 17.6 Å². The SMILES string of the molecule is Cc1cc(C(N)=O)ccc1NC(=O)c1cccc(Br)c1F. The minimum Gasteiger partial charge on any atom is -0.366 e. The van der Waals surface area contributed by atoms with Crippen molar-refractivity contribution in [2.24, 2.45) is 5.73 Å². The minimum absolute atomic E-state index is 0.0669. The van der Waals surface area contributed by atoms with Crippen molar-refractivity contribution < 1.29 is 14.0 Å². The van der Waals surface area contributed by atoms with Crippen molar-refractivity contribution in [3.63, 3.8) is 0 Å². The van der Waals surface area contributed by atoms with Crippen LogP contribution in [0, 0.1) is 12.7 Å². The molecule has 2 aromatic carbocycles. The van der Waals surface area contributed by atoms with E-state index in [0.29, 0.717) is 16.8 Å². The lowest BCUT2D eigenvalue weighted by Gasteiger charge is -2.10. The van der Waals surface area contributed by atoms with Crippen molar-refractivity contribution in [1.29, 1.82) is 0 Å². The van der Waals surface area contributed by atoms with Gasteiger partial charge in [0.1, 0.15) is 5.82 Å². The average molecular weight is 351 g/mol. The van der Waals surface area contributed by atoms with Crippen LogP contribution in [-0.2, 0) is 0 Å². The van der Waals surface area contributed by atoms with Crippen LogP contribution in [0.25, 0.3) is 0 Å². The van der Waals surface area contributed by atoms with Crippen LogP contribution in [0.2, 0.25) is 0 Å². The number of carbonyl (C=O) groups is 2. The van der Waals surface area contributed by atoms with Gasteiger partial charge in [0.25, 0.3) is 5.91 Å². The van der Waals surface area contributed by atoms with Crippen LogP contribution in [0.5, 0.6) is 0 Å². The van der Waals surface area contributed by atoms with Gasteiger partial charge in [0.05, 0.1) is 10.0 Å². The zero-order valence-corrected chi connectivity index (χ0v) is 12.7. The molecular weight excluding hydrogens is 339 g/mol. The van der Waals surface area contributed by atoms with Gasteiger partial charge in [-0.15, -0.1) is 0 Å². The van der Waals surface area contributed by atoms with Gasteiger partial charge in [-0.2, -0.15) is 0 Å². The number of rotatable bonds is 3. The number of aryl methyl sites for hydroxylation is 1. The summed E-state index contributed by atoms with van der Waals surface area (Å²) in [7, 11) is 0. The first-order chi connectivity index (χ1) is 9.90. The fourth-order valence-corrected chi connectivity index (χ4v) is 2.19. The average Bonchev–Trinajstić information content (AvgIpc) is 2.43. The molecule has 2 amide bonds. The van der Waals surface area contributed by atoms with Crippen molar-refractivity contribution in [2.45, 2.75) is 6.92 Å². The fourth-order valence-electron chi connectivity index (χ4n) is 1.83. The van der Waals surface area contributed by atoms with Crippen molar-refractivity contribution in [3.8, 4) is 0 Å². The smallest absolute Gasteiger partial charge is 0.258 e. The number of hydrogen-bond acceptors (Lipinski definition) is 2. The Morgan fingerprint density at radius 3 is 2.57 bits per heavy atom. The lowest BCUT2D eigenvalue weighted by atomic mass is 10.1. The number of nitrogens with one attached hydrogen (secondary N) is 1. The van der Waals surface area contributed by atoms with Crippen LogP contribution in [-0.4, -0.2) is 11.8 Å². The van der Waals surface area contributed by atoms with Crippen LogP contribution in [0.3, 0.4) is 0 Å². The molecule has 0 aliphatic rings. The molecule has 3 N–H and O–H groups in total. The van der Waals surface area contributed by atoms with E-state index in [1.54, 1.807) is 25.1 Å². The van der Waals surface area contributed by atoms with Gasteiger partial charge in [0.15, 0.2) is 0 Å². The molecule has 0 saturated carbocycles. The van der Waals surface area contributed by atoms with E-state index in [0.717, 1.165) is 0 Å². The summed E-state index contributed by atoms with van der Waals surface area (Å²) in [6, 6.07) is 9.10. The molecule has 0 heterocycles. The molecule has 0 aromatic heterocycles. The number of primary amides is 1. The Bertz CT molecular complexity index is 732. The van der Waals surface area contributed by atoms with Crippen LogP contribution >= 0.6 is 15.9 Å². The summed E-state index contributed by atoms with van der Waals surface area (Å²) in [4.78, 5) is 23.2. The molecule has 0 spiro atoms. The zero-order valence-electron chi connectivity index (χ0n) is 11.1. The molecule has 0 fully saturated rings. The number of amides is 2. The summed E-state index contributed by atoms with van der Waals surface area (Å²) in [5.41, 5.74) is 6.61. The first kappa shape index (κ1) is 15.2. The third kappa shape index (κ3) is 3.28. The summed E-state index contributed by atoms with van der Waals surface area (Å²) in [6.45, 7) is 1.72. The largest absolute Gasteiger partial charge is 0.366 e. The molecule has 2 rings (SSSR count). The van der Waals surface area contributed by atoms with Gasteiger partial charge < -0.3 is 11.1 Å². The Labute approximate surface area is 129 Å². The topological polar surface area (TPSA) is 72.2 Å². The predicted molar refractivity (Wildman–Crippen MR) is 81.8 cm³/mol. The highest BCUT2D eigenvalue weighted by atomic mass is 79.9. The van der Waals surface area contributed by atoms with Crippen molar-refractivity contribution in [3.05, 3.63) is 63.4 Å². The molecule has 0 atom stereocenters. The summed E-state index contributed by atoms with van der Waals surface area (Å²) >= 11 is 3.03. The molecule has 2 aromatic rings. The second kappa shape index (κ2) is 6.05. The standard InChI is InChI=1S/C15H12BrFN2O2/c1-8-7-9(14(18)20)5-6-12(8)19-15(21)10-3-2-4-11(16)13(10)17/h2-7H,1H3,(H2,18,20)(H,19,21). The predicted octanol–water partition coefficient (Wildman–Crippen LogP) is 3.25. The van der Waals surface area contributed by atoms with Gasteiger partial charge in [0.2, 0.25) is 5.91 Å². The molecule has 0 saturated heterocycles. The summed E-state index contributed by atoms with van der Waals surface area (Å²) in [5, 5.41) is 2.61. The minimum atomic E-state index is -0.624. The number of carbonyl (C=O) groups excluding carboxylic acids is 2. The molecular formula is C15H12BrFN2O2. The molecule has 0 aliphatic carbocycles. The van der Waals surface area contributed by atoms with Gasteiger partial charge in [-0.05, 0) is 58.7 Å². The molecule has 0 radical (unpaired) electrons. The van der Waals surface area contributed by atoms with E-state index in [2.05, 4.69) is 21.2 Å². The molecule has 0 bridgehead atoms. The van der Waals surface area contributed by atoms with Crippen molar-refractivity contribution in [2.75, 3.05) is 5.32 Å². The van der Waals surface area contributed by atoms with E-state index in [4.69, 9.17) is 5.73 Å². The van der Waals surface area contributed by atoms with E-state index in [1.165, 1.54) is 18.2 Å². The highest BCUT2D eigenvalue weighted by Crippen LogP contribution is 2.21. The maximum absolute atomic E-state index is 13.9. The number of nitrogens with two attached hydrogens (primary N) is 1. The number of halogens is 2. The van der Waals surface area contributed by atoms with Crippen LogP contribution in [0.1, 0.15) is 26.3 Å². The highest BCUT2D eigenvalue weighted by Gasteiger charge is 2.15. The maximum Gasteiger partial charge on any atom is 0.258 e. The van der Waals surface area contributed by atoms with Gasteiger partial charge in [-0.25, -0.2) is 4.39 Å². The quantitative estimate of drug-likeness (QED) is 0.891. The molecule has 4 nitrogen and oxygen atoms in total. The van der Waals surface area contributed by atoms with Crippen molar-refractivity contribution in [1.82, 2.24) is 0 Å². The van der Waals surface area contributed by atoms with Crippen molar-refractivity contribution >= 4 is 33.4 Å². The van der Waals surface area contributed by atoms with E-state index in [-0.39, 0.29) is 10.0 Å². The molecule has 0 aliphatic heterocycles. The Morgan fingerprint density at radius 1 is 1.24 bits per heavy atom. The normalized spacial score (nSPS) is 10.2. The van der Waals surface area contributed by atoms with E-state index in [1.807, 2.05) is 0 Å². The Hall–Kier alpha value is -2.21. The summed E-state index contributed by atoms with van der Waals surface area (Å²) in [5.74, 6) is -1.74. The molecule has 21 heavy (non-hydrogen) atoms. The second-order valence-electron chi connectivity index (χ2n) is 4.45. The third-order valence-electron chi connectivity index (χ3n) is 2.96. The highest BCUT2D eigenvalue weighted by molar-refractivity contribution is 9.10. The van der Waals surface area contributed by atoms with Gasteiger partial charge in [0, 0.05) is 11.3 Å². The lowest BCUT2D eigenvalue weighted by molar-refractivity contribution is 0.0997.